The van der Waals surface area contributed by atoms with Gasteiger partial charge in [-0.2, -0.15) is 0 Å². The van der Waals surface area contributed by atoms with Gasteiger partial charge in [0.1, 0.15) is 5.76 Å². The quantitative estimate of drug-likeness (QED) is 0.442. The Kier molecular flexibility index (Phi) is 4.99. The first kappa shape index (κ1) is 12.7. The molecule has 0 saturated heterocycles. The molecule has 0 unspecified atom stereocenters. The molecule has 0 spiro atoms. The van der Waals surface area contributed by atoms with Crippen molar-refractivity contribution < 1.29 is 9.53 Å². The molecule has 0 aliphatic rings. The summed E-state index contributed by atoms with van der Waals surface area (Å²) in [6, 6.07) is 4.08. The molecular formula is C13H16O2S. The van der Waals surface area contributed by atoms with Crippen LogP contribution < -0.4 is 0 Å². The molecule has 0 aromatic carbocycles. The zero-order valence-corrected chi connectivity index (χ0v) is 10.5. The van der Waals surface area contributed by atoms with E-state index in [9.17, 15) is 4.79 Å². The van der Waals surface area contributed by atoms with E-state index in [2.05, 4.69) is 12.6 Å². The first-order valence-electron chi connectivity index (χ1n) is 5.22. The summed E-state index contributed by atoms with van der Waals surface area (Å²) >= 11 is 1.70. The Morgan fingerprint density at radius 1 is 1.62 bits per heavy atom. The molecule has 0 N–H and O–H groups in total. The predicted octanol–water partition coefficient (Wildman–Crippen LogP) is 3.70. The molecule has 1 aromatic heterocycles. The van der Waals surface area contributed by atoms with E-state index < -0.39 is 0 Å². The second-order valence-electron chi connectivity index (χ2n) is 3.48. The lowest BCUT2D eigenvalue weighted by atomic mass is 10.2. The van der Waals surface area contributed by atoms with Crippen LogP contribution in [0.15, 0.2) is 41.5 Å². The van der Waals surface area contributed by atoms with Crippen LogP contribution in [0.3, 0.4) is 0 Å². The number of hydrogen-bond acceptors (Lipinski definition) is 3. The van der Waals surface area contributed by atoms with Gasteiger partial charge in [0, 0.05) is 23.3 Å². The maximum Gasteiger partial charge on any atom is 0.338 e. The molecule has 0 radical (unpaired) electrons. The zero-order valence-electron chi connectivity index (χ0n) is 9.66. The second kappa shape index (κ2) is 6.28. The Balaban J connectivity index is 2.57. The van der Waals surface area contributed by atoms with Crippen molar-refractivity contribution in [3.63, 3.8) is 0 Å². The molecular weight excluding hydrogens is 220 g/mol. The lowest BCUT2D eigenvalue weighted by Crippen LogP contribution is -2.04. The number of allylic oxidation sites excluding steroid dienone is 2. The molecule has 0 saturated carbocycles. The molecule has 0 aliphatic heterocycles. The van der Waals surface area contributed by atoms with E-state index in [0.29, 0.717) is 17.8 Å². The summed E-state index contributed by atoms with van der Waals surface area (Å²) in [5, 5.41) is 2.04. The van der Waals surface area contributed by atoms with Crippen molar-refractivity contribution in [1.29, 1.82) is 0 Å². The molecule has 1 aromatic rings. The van der Waals surface area contributed by atoms with Crippen LogP contribution in [0.5, 0.6) is 0 Å². The van der Waals surface area contributed by atoms with Gasteiger partial charge in [-0.3, -0.25) is 0 Å². The van der Waals surface area contributed by atoms with Crippen LogP contribution >= 0.6 is 11.3 Å². The molecule has 0 bridgehead atoms. The Morgan fingerprint density at radius 2 is 2.38 bits per heavy atom. The second-order valence-corrected chi connectivity index (χ2v) is 4.51. The Bertz CT molecular complexity index is 388. The van der Waals surface area contributed by atoms with Gasteiger partial charge in [-0.25, -0.2) is 4.79 Å². The summed E-state index contributed by atoms with van der Waals surface area (Å²) in [4.78, 5) is 12.6. The number of carbonyl (C=O) groups is 1. The normalized spacial score (nSPS) is 11.2. The van der Waals surface area contributed by atoms with Crippen LogP contribution in [-0.2, 0) is 16.0 Å². The van der Waals surface area contributed by atoms with Gasteiger partial charge in [0.05, 0.1) is 0 Å². The van der Waals surface area contributed by atoms with Gasteiger partial charge in [-0.05, 0) is 24.4 Å². The third kappa shape index (κ3) is 4.03. The molecule has 1 rings (SSSR count). The van der Waals surface area contributed by atoms with Crippen LogP contribution in [0.2, 0.25) is 0 Å². The monoisotopic (exact) mass is 236 g/mol. The standard InChI is InChI=1S/C13H16O2S/c1-4-11(15-13(14)10(2)3)7-8-12-6-5-9-16-12/h5-7,9H,2,4,8H2,1,3H3. The fraction of sp³-hybridized carbons (Fsp3) is 0.308. The average molecular weight is 236 g/mol. The maximum atomic E-state index is 11.3. The highest BCUT2D eigenvalue weighted by Gasteiger charge is 2.06. The van der Waals surface area contributed by atoms with Gasteiger partial charge in [0.15, 0.2) is 0 Å². The smallest absolute Gasteiger partial charge is 0.338 e. The van der Waals surface area contributed by atoms with Crippen molar-refractivity contribution in [2.24, 2.45) is 0 Å². The summed E-state index contributed by atoms with van der Waals surface area (Å²) in [5.41, 5.74) is 0.426. The van der Waals surface area contributed by atoms with Crippen molar-refractivity contribution in [2.45, 2.75) is 26.7 Å². The van der Waals surface area contributed by atoms with E-state index in [-0.39, 0.29) is 5.97 Å². The largest absolute Gasteiger partial charge is 0.428 e. The molecule has 0 atom stereocenters. The lowest BCUT2D eigenvalue weighted by Gasteiger charge is -2.06. The van der Waals surface area contributed by atoms with E-state index in [1.807, 2.05) is 24.4 Å². The highest BCUT2D eigenvalue weighted by molar-refractivity contribution is 7.09. The molecule has 86 valence electrons. The predicted molar refractivity (Wildman–Crippen MR) is 67.3 cm³/mol. The minimum absolute atomic E-state index is 0.348. The van der Waals surface area contributed by atoms with E-state index in [0.717, 1.165) is 6.42 Å². The van der Waals surface area contributed by atoms with Gasteiger partial charge in [-0.15, -0.1) is 11.3 Å². The summed E-state index contributed by atoms with van der Waals surface area (Å²) in [6.07, 6.45) is 3.47. The lowest BCUT2D eigenvalue weighted by molar-refractivity contribution is -0.135. The molecule has 3 heteroatoms. The van der Waals surface area contributed by atoms with Crippen molar-refractivity contribution in [3.8, 4) is 0 Å². The van der Waals surface area contributed by atoms with Crippen LogP contribution in [0.25, 0.3) is 0 Å². The number of rotatable bonds is 5. The SMILES string of the molecule is C=C(C)C(=O)OC(=CCc1cccs1)CC. The average Bonchev–Trinajstić information content (AvgIpc) is 2.76. The third-order valence-corrected chi connectivity index (χ3v) is 2.93. The van der Waals surface area contributed by atoms with Crippen molar-refractivity contribution in [3.05, 3.63) is 46.4 Å². The van der Waals surface area contributed by atoms with Gasteiger partial charge in [0.2, 0.25) is 0 Å². The van der Waals surface area contributed by atoms with E-state index in [4.69, 9.17) is 4.74 Å². The zero-order chi connectivity index (χ0) is 12.0. The summed E-state index contributed by atoms with van der Waals surface area (Å²) in [6.45, 7) is 7.16. The summed E-state index contributed by atoms with van der Waals surface area (Å²) < 4.78 is 5.19. The first-order chi connectivity index (χ1) is 7.63. The van der Waals surface area contributed by atoms with Crippen LogP contribution in [0, 0.1) is 0 Å². The maximum absolute atomic E-state index is 11.3. The minimum atomic E-state index is -0.348. The van der Waals surface area contributed by atoms with Gasteiger partial charge in [0.25, 0.3) is 0 Å². The molecule has 0 amide bonds. The number of esters is 1. The van der Waals surface area contributed by atoms with Gasteiger partial charge in [-0.1, -0.05) is 19.6 Å². The fourth-order valence-corrected chi connectivity index (χ4v) is 1.78. The number of thiophene rings is 1. The van der Waals surface area contributed by atoms with Crippen LogP contribution in [0.1, 0.15) is 25.1 Å². The topological polar surface area (TPSA) is 26.3 Å². The highest BCUT2D eigenvalue weighted by atomic mass is 32.1. The van der Waals surface area contributed by atoms with Gasteiger partial charge >= 0.3 is 5.97 Å². The highest BCUT2D eigenvalue weighted by Crippen LogP contribution is 2.13. The molecule has 0 fully saturated rings. The summed E-state index contributed by atoms with van der Waals surface area (Å²) in [5.74, 6) is 0.362. The van der Waals surface area contributed by atoms with E-state index in [1.54, 1.807) is 18.3 Å². The molecule has 1 heterocycles. The fourth-order valence-electron chi connectivity index (χ4n) is 1.11. The molecule has 0 aliphatic carbocycles. The number of ether oxygens (including phenoxy) is 1. The van der Waals surface area contributed by atoms with Crippen molar-refractivity contribution in [2.75, 3.05) is 0 Å². The molecule has 2 nitrogen and oxygen atoms in total. The summed E-state index contributed by atoms with van der Waals surface area (Å²) in [7, 11) is 0. The Hall–Kier alpha value is -1.35. The van der Waals surface area contributed by atoms with Crippen LogP contribution in [0.4, 0.5) is 0 Å². The number of hydrogen-bond donors (Lipinski definition) is 0. The number of carbonyl (C=O) groups excluding carboxylic acids is 1. The van der Waals surface area contributed by atoms with E-state index in [1.165, 1.54) is 4.88 Å². The minimum Gasteiger partial charge on any atom is -0.428 e. The Morgan fingerprint density at radius 3 is 2.88 bits per heavy atom. The van der Waals surface area contributed by atoms with Gasteiger partial charge < -0.3 is 4.74 Å². The first-order valence-corrected chi connectivity index (χ1v) is 6.10. The van der Waals surface area contributed by atoms with Crippen molar-refractivity contribution in [1.82, 2.24) is 0 Å². The van der Waals surface area contributed by atoms with Crippen LogP contribution in [-0.4, -0.2) is 5.97 Å². The van der Waals surface area contributed by atoms with Crippen molar-refractivity contribution >= 4 is 17.3 Å². The Labute approximate surface area is 100 Å². The third-order valence-electron chi connectivity index (χ3n) is 2.03. The molecule has 16 heavy (non-hydrogen) atoms. The van der Waals surface area contributed by atoms with E-state index >= 15 is 0 Å².